The van der Waals surface area contributed by atoms with Crippen LogP contribution in [-0.4, -0.2) is 25.1 Å². The number of benzene rings is 1. The second-order valence-corrected chi connectivity index (χ2v) is 4.08. The first-order valence-electron chi connectivity index (χ1n) is 5.58. The molecule has 4 nitrogen and oxygen atoms in total. The molecular formula is C12H16ClFN2O2. The molecule has 1 amide bonds. The van der Waals surface area contributed by atoms with E-state index in [4.69, 9.17) is 10.5 Å². The van der Waals surface area contributed by atoms with Gasteiger partial charge in [-0.3, -0.25) is 4.79 Å². The third-order valence-electron chi connectivity index (χ3n) is 2.64. The Kier molecular flexibility index (Phi) is 4.93. The van der Waals surface area contributed by atoms with E-state index in [1.165, 1.54) is 12.1 Å². The lowest BCUT2D eigenvalue weighted by Gasteiger charge is -2.33. The molecule has 0 fully saturated rings. The number of halogens is 2. The van der Waals surface area contributed by atoms with Crippen LogP contribution >= 0.6 is 12.4 Å². The zero-order chi connectivity index (χ0) is 12.4. The summed E-state index contributed by atoms with van der Waals surface area (Å²) in [7, 11) is 0. The van der Waals surface area contributed by atoms with Crippen molar-refractivity contribution in [3.63, 3.8) is 0 Å². The molecule has 0 saturated heterocycles. The Morgan fingerprint density at radius 2 is 2.33 bits per heavy atom. The summed E-state index contributed by atoms with van der Waals surface area (Å²) in [5.41, 5.74) is 5.99. The molecule has 1 aliphatic heterocycles. The van der Waals surface area contributed by atoms with Gasteiger partial charge in [-0.25, -0.2) is 4.39 Å². The van der Waals surface area contributed by atoms with E-state index >= 15 is 0 Å². The van der Waals surface area contributed by atoms with Gasteiger partial charge in [0, 0.05) is 19.0 Å². The number of carbonyl (C=O) groups is 1. The third kappa shape index (κ3) is 2.91. The van der Waals surface area contributed by atoms with Crippen LogP contribution in [0.4, 0.5) is 10.1 Å². The minimum Gasteiger partial charge on any atom is -0.487 e. The smallest absolute Gasteiger partial charge is 0.228 e. The van der Waals surface area contributed by atoms with Gasteiger partial charge in [-0.1, -0.05) is 0 Å². The van der Waals surface area contributed by atoms with Crippen molar-refractivity contribution in [2.75, 3.05) is 18.0 Å². The lowest BCUT2D eigenvalue weighted by Crippen LogP contribution is -2.42. The fraction of sp³-hybridized carbons (Fsp3) is 0.417. The van der Waals surface area contributed by atoms with Crippen molar-refractivity contribution in [3.8, 4) is 5.75 Å². The van der Waals surface area contributed by atoms with Crippen LogP contribution in [0, 0.1) is 5.82 Å². The van der Waals surface area contributed by atoms with Gasteiger partial charge in [0.2, 0.25) is 5.91 Å². The van der Waals surface area contributed by atoms with Crippen LogP contribution < -0.4 is 15.4 Å². The molecule has 0 saturated carbocycles. The topological polar surface area (TPSA) is 55.6 Å². The number of anilines is 1. The molecule has 1 aromatic rings. The van der Waals surface area contributed by atoms with E-state index < -0.39 is 0 Å². The minimum atomic E-state index is -0.371. The molecule has 18 heavy (non-hydrogen) atoms. The molecular weight excluding hydrogens is 259 g/mol. The molecule has 1 aliphatic rings. The summed E-state index contributed by atoms with van der Waals surface area (Å²) in [5.74, 6) is -0.0197. The highest BCUT2D eigenvalue weighted by Crippen LogP contribution is 2.34. The van der Waals surface area contributed by atoms with Crippen molar-refractivity contribution < 1.29 is 13.9 Å². The number of nitrogens with zero attached hydrogens (tertiary/aromatic N) is 1. The van der Waals surface area contributed by atoms with Gasteiger partial charge >= 0.3 is 0 Å². The van der Waals surface area contributed by atoms with Gasteiger partial charge in [0.25, 0.3) is 0 Å². The van der Waals surface area contributed by atoms with Crippen LogP contribution in [0.25, 0.3) is 0 Å². The van der Waals surface area contributed by atoms with Gasteiger partial charge < -0.3 is 15.4 Å². The number of fused-ring (bicyclic) bond motifs is 1. The Labute approximate surface area is 111 Å². The van der Waals surface area contributed by atoms with Crippen molar-refractivity contribution in [2.24, 2.45) is 5.73 Å². The lowest BCUT2D eigenvalue weighted by atomic mass is 10.2. The van der Waals surface area contributed by atoms with Crippen molar-refractivity contribution in [1.82, 2.24) is 0 Å². The molecule has 2 rings (SSSR count). The van der Waals surface area contributed by atoms with E-state index in [2.05, 4.69) is 0 Å². The maximum absolute atomic E-state index is 13.1. The molecule has 0 aromatic heterocycles. The van der Waals surface area contributed by atoms with Crippen LogP contribution in [0.1, 0.15) is 13.3 Å². The summed E-state index contributed by atoms with van der Waals surface area (Å²) >= 11 is 0. The quantitative estimate of drug-likeness (QED) is 0.893. The summed E-state index contributed by atoms with van der Waals surface area (Å²) < 4.78 is 18.6. The van der Waals surface area contributed by atoms with E-state index in [1.54, 1.807) is 11.0 Å². The summed E-state index contributed by atoms with van der Waals surface area (Å²) in [5, 5.41) is 0. The Morgan fingerprint density at radius 3 is 3.00 bits per heavy atom. The predicted molar refractivity (Wildman–Crippen MR) is 69.8 cm³/mol. The molecule has 0 aliphatic carbocycles. The molecule has 1 unspecified atom stereocenters. The van der Waals surface area contributed by atoms with Gasteiger partial charge in [0.1, 0.15) is 17.7 Å². The maximum atomic E-state index is 13.1. The Hall–Kier alpha value is -1.33. The second kappa shape index (κ2) is 6.02. The van der Waals surface area contributed by atoms with E-state index in [1.807, 2.05) is 6.92 Å². The van der Waals surface area contributed by atoms with Crippen molar-refractivity contribution in [3.05, 3.63) is 24.0 Å². The molecule has 100 valence electrons. The average Bonchev–Trinajstić information content (AvgIpc) is 2.27. The van der Waals surface area contributed by atoms with Gasteiger partial charge in [-0.15, -0.1) is 12.4 Å². The summed E-state index contributed by atoms with van der Waals surface area (Å²) in [6.45, 7) is 2.62. The first-order valence-corrected chi connectivity index (χ1v) is 5.58. The van der Waals surface area contributed by atoms with E-state index in [0.29, 0.717) is 24.5 Å². The normalized spacial score (nSPS) is 17.5. The van der Waals surface area contributed by atoms with Crippen molar-refractivity contribution >= 4 is 24.0 Å². The maximum Gasteiger partial charge on any atom is 0.228 e. The zero-order valence-corrected chi connectivity index (χ0v) is 10.9. The molecule has 2 N–H and O–H groups in total. The first-order chi connectivity index (χ1) is 8.11. The molecule has 1 heterocycles. The zero-order valence-electron chi connectivity index (χ0n) is 10.1. The molecule has 6 heteroatoms. The van der Waals surface area contributed by atoms with Crippen LogP contribution in [0.5, 0.6) is 5.75 Å². The Balaban J connectivity index is 0.00000162. The minimum absolute atomic E-state index is 0. The Morgan fingerprint density at radius 1 is 1.61 bits per heavy atom. The molecule has 1 aromatic carbocycles. The lowest BCUT2D eigenvalue weighted by molar-refractivity contribution is -0.118. The second-order valence-electron chi connectivity index (χ2n) is 4.08. The molecule has 0 radical (unpaired) electrons. The fourth-order valence-corrected chi connectivity index (χ4v) is 1.91. The van der Waals surface area contributed by atoms with Gasteiger partial charge in [-0.05, 0) is 19.1 Å². The number of amides is 1. The van der Waals surface area contributed by atoms with Gasteiger partial charge in [0.05, 0.1) is 12.2 Å². The number of ether oxygens (including phenoxy) is 1. The first kappa shape index (κ1) is 14.7. The standard InChI is InChI=1S/C12H15FN2O2.ClH/c1-8-7-15(12(16)4-5-14)10-3-2-9(13)6-11(10)17-8;/h2-3,6,8H,4-5,7,14H2,1H3;1H. The highest BCUT2D eigenvalue weighted by molar-refractivity contribution is 5.95. The average molecular weight is 275 g/mol. The van der Waals surface area contributed by atoms with E-state index in [-0.39, 0.29) is 36.7 Å². The number of carbonyl (C=O) groups excluding carboxylic acids is 1. The van der Waals surface area contributed by atoms with Gasteiger partial charge in [-0.2, -0.15) is 0 Å². The van der Waals surface area contributed by atoms with E-state index in [9.17, 15) is 9.18 Å². The number of hydrogen-bond donors (Lipinski definition) is 1. The van der Waals surface area contributed by atoms with Crippen molar-refractivity contribution in [2.45, 2.75) is 19.4 Å². The summed E-state index contributed by atoms with van der Waals surface area (Å²) in [6.07, 6.45) is 0.134. The van der Waals surface area contributed by atoms with E-state index in [0.717, 1.165) is 0 Å². The molecule has 0 spiro atoms. The van der Waals surface area contributed by atoms with Gasteiger partial charge in [0.15, 0.2) is 0 Å². The third-order valence-corrected chi connectivity index (χ3v) is 2.64. The predicted octanol–water partition coefficient (Wildman–Crippen LogP) is 1.71. The van der Waals surface area contributed by atoms with Crippen molar-refractivity contribution in [1.29, 1.82) is 0 Å². The number of hydrogen-bond acceptors (Lipinski definition) is 3. The number of rotatable bonds is 2. The Bertz CT molecular complexity index is 442. The van der Waals surface area contributed by atoms with Crippen LogP contribution in [0.15, 0.2) is 18.2 Å². The van der Waals surface area contributed by atoms with Crippen LogP contribution in [-0.2, 0) is 4.79 Å². The SMILES string of the molecule is CC1CN(C(=O)CCN)c2ccc(F)cc2O1.Cl. The summed E-state index contributed by atoms with van der Waals surface area (Å²) in [6, 6.07) is 4.18. The highest BCUT2D eigenvalue weighted by Gasteiger charge is 2.27. The summed E-state index contributed by atoms with van der Waals surface area (Å²) in [4.78, 5) is 13.5. The highest BCUT2D eigenvalue weighted by atomic mass is 35.5. The molecule has 1 atom stereocenters. The monoisotopic (exact) mass is 274 g/mol. The van der Waals surface area contributed by atoms with Crippen LogP contribution in [0.2, 0.25) is 0 Å². The largest absolute Gasteiger partial charge is 0.487 e. The molecule has 0 bridgehead atoms. The fourth-order valence-electron chi connectivity index (χ4n) is 1.91. The van der Waals surface area contributed by atoms with Crippen LogP contribution in [0.3, 0.4) is 0 Å². The number of nitrogens with two attached hydrogens (primary N) is 1.